The van der Waals surface area contributed by atoms with Crippen LogP contribution in [0.5, 0.6) is 0 Å². The monoisotopic (exact) mass is 389 g/mol. The van der Waals surface area contributed by atoms with Crippen LogP contribution in [0.25, 0.3) is 5.69 Å². The Morgan fingerprint density at radius 2 is 1.83 bits per heavy atom. The molecule has 3 rings (SSSR count). The number of pyridine rings is 1. The van der Waals surface area contributed by atoms with Gasteiger partial charge in [-0.1, -0.05) is 15.9 Å². The number of rotatable bonds is 2. The summed E-state index contributed by atoms with van der Waals surface area (Å²) in [4.78, 5) is 48.1. The number of aromatic nitrogens is 1. The lowest BCUT2D eigenvalue weighted by atomic mass is 10.0. The summed E-state index contributed by atoms with van der Waals surface area (Å²) in [6.45, 7) is 3.16. The van der Waals surface area contributed by atoms with Gasteiger partial charge in [0.25, 0.3) is 17.4 Å². The number of benzene rings is 1. The second kappa shape index (κ2) is 5.41. The first kappa shape index (κ1) is 16.1. The van der Waals surface area contributed by atoms with Gasteiger partial charge in [-0.15, -0.1) is 0 Å². The van der Waals surface area contributed by atoms with E-state index in [-0.39, 0.29) is 34.0 Å². The van der Waals surface area contributed by atoms with Crippen molar-refractivity contribution in [3.8, 4) is 5.69 Å². The van der Waals surface area contributed by atoms with E-state index in [2.05, 4.69) is 21.2 Å². The molecule has 0 fully saturated rings. The Bertz CT molecular complexity index is 1010. The summed E-state index contributed by atoms with van der Waals surface area (Å²) in [7, 11) is 0. The summed E-state index contributed by atoms with van der Waals surface area (Å²) in [5.74, 6) is -1.77. The van der Waals surface area contributed by atoms with Gasteiger partial charge >= 0.3 is 0 Å². The van der Waals surface area contributed by atoms with Crippen molar-refractivity contribution in [2.45, 2.75) is 13.8 Å². The second-order valence-electron chi connectivity index (χ2n) is 5.45. The standard InChI is InChI=1S/C16H12BrN3O4/c1-6-3-11(8(7(2)21)4-10(6)17)20-12(22)5-9-13(14(20)18)16(24)19-15(9)23/h3-5H,18H2,1-2H3,(H,19,23,24). The number of nitrogens with zero attached hydrogens (tertiary/aromatic N) is 1. The maximum Gasteiger partial charge on any atom is 0.262 e. The summed E-state index contributed by atoms with van der Waals surface area (Å²) < 4.78 is 1.78. The van der Waals surface area contributed by atoms with Crippen LogP contribution in [-0.4, -0.2) is 22.2 Å². The van der Waals surface area contributed by atoms with E-state index in [1.54, 1.807) is 19.1 Å². The van der Waals surface area contributed by atoms with Gasteiger partial charge in [-0.25, -0.2) is 0 Å². The number of fused-ring (bicyclic) bond motifs is 1. The smallest absolute Gasteiger partial charge is 0.262 e. The summed E-state index contributed by atoms with van der Waals surface area (Å²) in [6, 6.07) is 4.27. The first-order valence-electron chi connectivity index (χ1n) is 6.95. The number of hydrogen-bond donors (Lipinski definition) is 2. The zero-order valence-corrected chi connectivity index (χ0v) is 14.4. The number of nitrogens with two attached hydrogens (primary N) is 1. The molecule has 122 valence electrons. The molecule has 2 aromatic rings. The molecule has 1 aromatic heterocycles. The highest BCUT2D eigenvalue weighted by molar-refractivity contribution is 9.10. The van der Waals surface area contributed by atoms with Crippen molar-refractivity contribution < 1.29 is 14.4 Å². The van der Waals surface area contributed by atoms with Gasteiger partial charge in [-0.2, -0.15) is 0 Å². The number of halogens is 1. The SMILES string of the molecule is CC(=O)c1cc(Br)c(C)cc1-n1c(N)c2c(cc1=O)C(=O)NC2=O. The van der Waals surface area contributed by atoms with Crippen LogP contribution in [0.15, 0.2) is 27.5 Å². The molecule has 8 heteroatoms. The third kappa shape index (κ3) is 2.26. The molecular formula is C16H12BrN3O4. The topological polar surface area (TPSA) is 111 Å². The molecule has 0 atom stereocenters. The Morgan fingerprint density at radius 1 is 1.17 bits per heavy atom. The highest BCUT2D eigenvalue weighted by Crippen LogP contribution is 2.28. The number of nitrogen functional groups attached to an aromatic ring is 1. The Balaban J connectivity index is 2.41. The first-order chi connectivity index (χ1) is 11.2. The van der Waals surface area contributed by atoms with E-state index in [1.165, 1.54) is 6.92 Å². The Morgan fingerprint density at radius 3 is 2.46 bits per heavy atom. The molecular weight excluding hydrogens is 378 g/mol. The summed E-state index contributed by atoms with van der Waals surface area (Å²) in [5, 5.41) is 2.10. The molecule has 2 heterocycles. The quantitative estimate of drug-likeness (QED) is 0.598. The van der Waals surface area contributed by atoms with Crippen LogP contribution in [0.4, 0.5) is 5.82 Å². The molecule has 0 bridgehead atoms. The van der Waals surface area contributed by atoms with Crippen molar-refractivity contribution in [1.82, 2.24) is 9.88 Å². The molecule has 0 spiro atoms. The average molecular weight is 390 g/mol. The van der Waals surface area contributed by atoms with Gasteiger partial charge in [0.1, 0.15) is 5.82 Å². The predicted octanol–water partition coefficient (Wildman–Crippen LogP) is 1.58. The largest absolute Gasteiger partial charge is 0.384 e. The number of amides is 2. The number of ketones is 1. The number of carbonyl (C=O) groups excluding carboxylic acids is 3. The van der Waals surface area contributed by atoms with E-state index >= 15 is 0 Å². The minimum atomic E-state index is -0.667. The third-order valence-electron chi connectivity index (χ3n) is 3.85. The number of anilines is 1. The normalized spacial score (nSPS) is 13.0. The molecule has 1 aromatic carbocycles. The molecule has 0 radical (unpaired) electrons. The summed E-state index contributed by atoms with van der Waals surface area (Å²) >= 11 is 3.35. The zero-order valence-electron chi connectivity index (χ0n) is 12.8. The van der Waals surface area contributed by atoms with Crippen molar-refractivity contribution in [3.05, 3.63) is 55.3 Å². The number of imide groups is 1. The van der Waals surface area contributed by atoms with Crippen molar-refractivity contribution in [3.63, 3.8) is 0 Å². The second-order valence-corrected chi connectivity index (χ2v) is 6.30. The van der Waals surface area contributed by atoms with E-state index in [0.717, 1.165) is 16.2 Å². The predicted molar refractivity (Wildman–Crippen MR) is 90.7 cm³/mol. The minimum Gasteiger partial charge on any atom is -0.384 e. The van der Waals surface area contributed by atoms with Gasteiger partial charge < -0.3 is 5.73 Å². The number of Topliss-reactive ketones (excluding diaryl/α,β-unsaturated/α-hetero) is 1. The average Bonchev–Trinajstić information content (AvgIpc) is 2.76. The fourth-order valence-electron chi connectivity index (χ4n) is 2.66. The molecule has 0 unspecified atom stereocenters. The van der Waals surface area contributed by atoms with Crippen LogP contribution in [0.3, 0.4) is 0 Å². The van der Waals surface area contributed by atoms with E-state index in [9.17, 15) is 19.2 Å². The summed E-state index contributed by atoms with van der Waals surface area (Å²) in [6.07, 6.45) is 0. The number of carbonyl (C=O) groups is 3. The molecule has 1 aliphatic heterocycles. The van der Waals surface area contributed by atoms with Gasteiger partial charge in [-0.3, -0.25) is 29.1 Å². The maximum atomic E-state index is 12.5. The molecule has 7 nitrogen and oxygen atoms in total. The van der Waals surface area contributed by atoms with E-state index in [1.807, 2.05) is 0 Å². The minimum absolute atomic E-state index is 0.0584. The van der Waals surface area contributed by atoms with Crippen molar-refractivity contribution in [2.24, 2.45) is 0 Å². The van der Waals surface area contributed by atoms with Gasteiger partial charge in [0, 0.05) is 16.1 Å². The lowest BCUT2D eigenvalue weighted by Gasteiger charge is -2.16. The maximum absolute atomic E-state index is 12.5. The highest BCUT2D eigenvalue weighted by atomic mass is 79.9. The molecule has 1 aliphatic rings. The first-order valence-corrected chi connectivity index (χ1v) is 7.74. The number of aryl methyl sites for hydroxylation is 1. The fourth-order valence-corrected chi connectivity index (χ4v) is 3.00. The van der Waals surface area contributed by atoms with Crippen molar-refractivity contribution >= 4 is 39.3 Å². The van der Waals surface area contributed by atoms with Crippen LogP contribution >= 0.6 is 15.9 Å². The van der Waals surface area contributed by atoms with Crippen molar-refractivity contribution in [2.75, 3.05) is 5.73 Å². The Hall–Kier alpha value is -2.74. The Labute approximate surface area is 144 Å². The van der Waals surface area contributed by atoms with E-state index in [4.69, 9.17) is 5.73 Å². The highest BCUT2D eigenvalue weighted by Gasteiger charge is 2.32. The van der Waals surface area contributed by atoms with Gasteiger partial charge in [0.15, 0.2) is 5.78 Å². The van der Waals surface area contributed by atoms with Crippen molar-refractivity contribution in [1.29, 1.82) is 0 Å². The van der Waals surface area contributed by atoms with Gasteiger partial charge in [-0.05, 0) is 31.5 Å². The molecule has 0 saturated carbocycles. The van der Waals surface area contributed by atoms with Crippen LogP contribution in [-0.2, 0) is 0 Å². The molecule has 24 heavy (non-hydrogen) atoms. The van der Waals surface area contributed by atoms with Crippen LogP contribution < -0.4 is 16.6 Å². The molecule has 0 saturated heterocycles. The number of nitrogens with one attached hydrogen (secondary N) is 1. The molecule has 2 amide bonds. The van der Waals surface area contributed by atoms with Gasteiger partial charge in [0.2, 0.25) is 0 Å². The lowest BCUT2D eigenvalue weighted by Crippen LogP contribution is -2.25. The van der Waals surface area contributed by atoms with Crippen LogP contribution in [0.1, 0.15) is 43.6 Å². The fraction of sp³-hybridized carbons (Fsp3) is 0.125. The molecule has 3 N–H and O–H groups in total. The number of hydrogen-bond acceptors (Lipinski definition) is 5. The van der Waals surface area contributed by atoms with Crippen LogP contribution in [0, 0.1) is 6.92 Å². The van der Waals surface area contributed by atoms with E-state index < -0.39 is 17.4 Å². The van der Waals surface area contributed by atoms with Crippen LogP contribution in [0.2, 0.25) is 0 Å². The molecule has 0 aliphatic carbocycles. The lowest BCUT2D eigenvalue weighted by molar-refractivity contribution is 0.0879. The Kier molecular flexibility index (Phi) is 3.64. The van der Waals surface area contributed by atoms with E-state index in [0.29, 0.717) is 4.47 Å². The van der Waals surface area contributed by atoms with Gasteiger partial charge in [0.05, 0.1) is 16.8 Å². The zero-order chi connectivity index (χ0) is 17.8. The summed E-state index contributed by atoms with van der Waals surface area (Å²) in [5.41, 5.74) is 6.60. The third-order valence-corrected chi connectivity index (χ3v) is 4.70.